The van der Waals surface area contributed by atoms with Crippen molar-refractivity contribution in [3.05, 3.63) is 66.2 Å². The van der Waals surface area contributed by atoms with Gasteiger partial charge in [-0.2, -0.15) is 0 Å². The molecule has 0 saturated heterocycles. The Hall–Kier alpha value is -2.80. The highest BCUT2D eigenvalue weighted by molar-refractivity contribution is 7.97. The number of furan rings is 1. The van der Waals surface area contributed by atoms with Gasteiger partial charge in [-0.05, 0) is 35.7 Å². The third-order valence-corrected chi connectivity index (χ3v) is 3.81. The predicted octanol–water partition coefficient (Wildman–Crippen LogP) is 3.12. The fourth-order valence-electron chi connectivity index (χ4n) is 1.95. The fourth-order valence-corrected chi connectivity index (χ4v) is 2.54. The molecule has 6 nitrogen and oxygen atoms in total. The molecule has 0 bridgehead atoms. The molecule has 1 aromatic carbocycles. The highest BCUT2D eigenvalue weighted by Gasteiger charge is 2.14. The van der Waals surface area contributed by atoms with Crippen molar-refractivity contribution < 1.29 is 14.0 Å². The van der Waals surface area contributed by atoms with Crippen molar-refractivity contribution in [2.75, 3.05) is 0 Å². The van der Waals surface area contributed by atoms with Gasteiger partial charge < -0.3 is 4.42 Å². The minimum Gasteiger partial charge on any atom is -0.451 e. The van der Waals surface area contributed by atoms with Crippen LogP contribution in [-0.4, -0.2) is 16.9 Å². The van der Waals surface area contributed by atoms with Crippen LogP contribution < -0.4 is 10.0 Å². The van der Waals surface area contributed by atoms with Crippen molar-refractivity contribution in [3.8, 4) is 0 Å². The van der Waals surface area contributed by atoms with Crippen molar-refractivity contribution >= 4 is 34.9 Å². The van der Waals surface area contributed by atoms with Gasteiger partial charge in [0.15, 0.2) is 5.76 Å². The Bertz CT molecular complexity index is 800. The molecule has 0 aliphatic carbocycles. The molecule has 3 amide bonds. The van der Waals surface area contributed by atoms with Gasteiger partial charge in [-0.1, -0.05) is 24.3 Å². The lowest BCUT2D eigenvalue weighted by atomic mass is 10.2. The van der Waals surface area contributed by atoms with Crippen LogP contribution in [0.15, 0.2) is 59.3 Å². The number of carbonyl (C=O) groups excluding carboxylic acids is 2. The first-order valence-electron chi connectivity index (χ1n) is 6.83. The second kappa shape index (κ2) is 6.97. The fraction of sp³-hybridized carbons (Fsp3) is 0.0625. The summed E-state index contributed by atoms with van der Waals surface area (Å²) in [5.41, 5.74) is 1.57. The molecule has 0 aliphatic heterocycles. The lowest BCUT2D eigenvalue weighted by molar-refractivity contribution is 0.0940. The number of para-hydroxylation sites is 1. The summed E-state index contributed by atoms with van der Waals surface area (Å²) in [6.45, 7) is 0. The Labute approximate surface area is 136 Å². The van der Waals surface area contributed by atoms with Gasteiger partial charge in [0.1, 0.15) is 5.58 Å². The van der Waals surface area contributed by atoms with Gasteiger partial charge in [-0.3, -0.25) is 19.8 Å². The van der Waals surface area contributed by atoms with Crippen molar-refractivity contribution in [3.63, 3.8) is 0 Å². The Morgan fingerprint density at radius 1 is 1.17 bits per heavy atom. The molecular weight excluding hydrogens is 314 g/mol. The van der Waals surface area contributed by atoms with E-state index in [0.29, 0.717) is 11.3 Å². The molecule has 0 saturated carbocycles. The molecule has 2 heterocycles. The standard InChI is InChI=1S/C16H13N3O3S/c20-15(14-8-12-5-1-2-6-13(12)22-14)18-16(21)19-23-10-11-4-3-7-17-9-11/h1-9H,10H2,(H2,18,19,20,21). The van der Waals surface area contributed by atoms with E-state index in [9.17, 15) is 9.59 Å². The van der Waals surface area contributed by atoms with Crippen LogP contribution >= 0.6 is 11.9 Å². The molecule has 0 unspecified atom stereocenters. The number of amides is 3. The average molecular weight is 327 g/mol. The lowest BCUT2D eigenvalue weighted by Crippen LogP contribution is -2.36. The highest BCUT2D eigenvalue weighted by atomic mass is 32.2. The molecule has 23 heavy (non-hydrogen) atoms. The summed E-state index contributed by atoms with van der Waals surface area (Å²) in [7, 11) is 0. The summed E-state index contributed by atoms with van der Waals surface area (Å²) in [5.74, 6) is 0.0689. The number of benzene rings is 1. The largest absolute Gasteiger partial charge is 0.451 e. The number of nitrogens with one attached hydrogen (secondary N) is 2. The van der Waals surface area contributed by atoms with Gasteiger partial charge in [-0.15, -0.1) is 0 Å². The maximum atomic E-state index is 12.0. The summed E-state index contributed by atoms with van der Waals surface area (Å²) < 4.78 is 7.94. The predicted molar refractivity (Wildman–Crippen MR) is 87.7 cm³/mol. The van der Waals surface area contributed by atoms with Crippen molar-refractivity contribution in [1.82, 2.24) is 15.0 Å². The van der Waals surface area contributed by atoms with Crippen LogP contribution in [0.1, 0.15) is 16.1 Å². The summed E-state index contributed by atoms with van der Waals surface area (Å²) in [6, 6.07) is 12.0. The number of hydrogen-bond donors (Lipinski definition) is 2. The zero-order valence-corrected chi connectivity index (χ0v) is 12.8. The highest BCUT2D eigenvalue weighted by Crippen LogP contribution is 2.18. The number of fused-ring (bicyclic) bond motifs is 1. The molecule has 0 spiro atoms. The van der Waals surface area contributed by atoms with Crippen LogP contribution in [0.4, 0.5) is 4.79 Å². The average Bonchev–Trinajstić information content (AvgIpc) is 3.00. The number of rotatable bonds is 4. The first-order chi connectivity index (χ1) is 11.2. The Morgan fingerprint density at radius 3 is 2.83 bits per heavy atom. The van der Waals surface area contributed by atoms with Crippen molar-refractivity contribution in [2.45, 2.75) is 5.75 Å². The van der Waals surface area contributed by atoms with E-state index in [4.69, 9.17) is 4.42 Å². The summed E-state index contributed by atoms with van der Waals surface area (Å²) >= 11 is 1.17. The minimum absolute atomic E-state index is 0.0959. The van der Waals surface area contributed by atoms with Crippen LogP contribution in [0, 0.1) is 0 Å². The van der Waals surface area contributed by atoms with Crippen LogP contribution in [0.25, 0.3) is 11.0 Å². The molecule has 116 valence electrons. The van der Waals surface area contributed by atoms with E-state index in [1.165, 1.54) is 11.9 Å². The van der Waals surface area contributed by atoms with Gasteiger partial charge in [0, 0.05) is 23.5 Å². The smallest absolute Gasteiger partial charge is 0.331 e. The third kappa shape index (κ3) is 3.89. The minimum atomic E-state index is -0.593. The maximum Gasteiger partial charge on any atom is 0.331 e. The summed E-state index contributed by atoms with van der Waals surface area (Å²) in [4.78, 5) is 27.7. The number of carbonyl (C=O) groups is 2. The molecule has 3 rings (SSSR count). The van der Waals surface area contributed by atoms with E-state index >= 15 is 0 Å². The van der Waals surface area contributed by atoms with Crippen LogP contribution in [-0.2, 0) is 5.75 Å². The molecule has 2 N–H and O–H groups in total. The number of urea groups is 1. The number of aromatic nitrogens is 1. The van der Waals surface area contributed by atoms with Crippen LogP contribution in [0.5, 0.6) is 0 Å². The third-order valence-electron chi connectivity index (χ3n) is 3.00. The SMILES string of the molecule is O=C(NSCc1cccnc1)NC(=O)c1cc2ccccc2o1. The van der Waals surface area contributed by atoms with Crippen LogP contribution in [0.3, 0.4) is 0 Å². The second-order valence-corrected chi connectivity index (χ2v) is 5.47. The van der Waals surface area contributed by atoms with E-state index in [-0.39, 0.29) is 5.76 Å². The van der Waals surface area contributed by atoms with Gasteiger partial charge in [0.25, 0.3) is 5.91 Å². The van der Waals surface area contributed by atoms with Crippen molar-refractivity contribution in [1.29, 1.82) is 0 Å². The molecule has 0 radical (unpaired) electrons. The lowest BCUT2D eigenvalue weighted by Gasteiger charge is -2.04. The molecule has 0 fully saturated rings. The summed E-state index contributed by atoms with van der Waals surface area (Å²) in [5, 5.41) is 3.03. The Kier molecular flexibility index (Phi) is 4.58. The number of pyridine rings is 1. The van der Waals surface area contributed by atoms with E-state index in [0.717, 1.165) is 10.9 Å². The summed E-state index contributed by atoms with van der Waals surface area (Å²) in [6.07, 6.45) is 3.40. The normalized spacial score (nSPS) is 10.4. The van der Waals surface area contributed by atoms with E-state index in [2.05, 4.69) is 15.0 Å². The molecule has 2 aromatic heterocycles. The van der Waals surface area contributed by atoms with Gasteiger partial charge >= 0.3 is 6.03 Å². The van der Waals surface area contributed by atoms with Crippen LogP contribution in [0.2, 0.25) is 0 Å². The zero-order valence-electron chi connectivity index (χ0n) is 12.0. The molecular formula is C16H13N3O3S. The van der Waals surface area contributed by atoms with Gasteiger partial charge in [0.05, 0.1) is 0 Å². The zero-order chi connectivity index (χ0) is 16.1. The van der Waals surface area contributed by atoms with Crippen molar-refractivity contribution in [2.24, 2.45) is 0 Å². The quantitative estimate of drug-likeness (QED) is 0.719. The molecule has 0 aliphatic rings. The second-order valence-electron chi connectivity index (χ2n) is 4.68. The van der Waals surface area contributed by atoms with E-state index in [1.807, 2.05) is 30.3 Å². The Morgan fingerprint density at radius 2 is 2.04 bits per heavy atom. The number of imide groups is 1. The molecule has 3 aromatic rings. The Balaban J connectivity index is 1.52. The number of nitrogens with zero attached hydrogens (tertiary/aromatic N) is 1. The molecule has 7 heteroatoms. The first kappa shape index (κ1) is 15.1. The van der Waals surface area contributed by atoms with Gasteiger partial charge in [-0.25, -0.2) is 4.79 Å². The number of hydrogen-bond acceptors (Lipinski definition) is 5. The molecule has 0 atom stereocenters. The first-order valence-corrected chi connectivity index (χ1v) is 7.81. The topological polar surface area (TPSA) is 84.2 Å². The monoisotopic (exact) mass is 327 g/mol. The van der Waals surface area contributed by atoms with Gasteiger partial charge in [0.2, 0.25) is 0 Å². The van der Waals surface area contributed by atoms with E-state index < -0.39 is 11.9 Å². The maximum absolute atomic E-state index is 12.0. The van der Waals surface area contributed by atoms with E-state index in [1.54, 1.807) is 24.5 Å².